The number of ether oxygens (including phenoxy) is 1. The Morgan fingerprint density at radius 2 is 1.76 bits per heavy atom. The summed E-state index contributed by atoms with van der Waals surface area (Å²) in [6, 6.07) is 18.4. The van der Waals surface area contributed by atoms with E-state index < -0.39 is 0 Å². The number of carbonyl (C=O) groups excluding carboxylic acids is 1. The second-order valence-electron chi connectivity index (χ2n) is 7.96. The minimum Gasteiger partial charge on any atom is -0.410 e. The lowest BCUT2D eigenvalue weighted by Gasteiger charge is -2.20. The molecule has 0 aliphatic carbocycles. The number of halogens is 2. The van der Waals surface area contributed by atoms with Crippen LogP contribution in [-0.4, -0.2) is 28.6 Å². The molecule has 0 bridgehead atoms. The van der Waals surface area contributed by atoms with Crippen LogP contribution in [0.3, 0.4) is 0 Å². The van der Waals surface area contributed by atoms with Gasteiger partial charge in [-0.3, -0.25) is 0 Å². The van der Waals surface area contributed by atoms with E-state index in [1.54, 1.807) is 11.0 Å². The molecule has 0 atom stereocenters. The van der Waals surface area contributed by atoms with Gasteiger partial charge in [-0.05, 0) is 62.2 Å². The molecule has 0 saturated carbocycles. The van der Waals surface area contributed by atoms with Crippen LogP contribution in [-0.2, 0) is 6.54 Å². The van der Waals surface area contributed by atoms with Gasteiger partial charge in [-0.15, -0.1) is 0 Å². The zero-order valence-electron chi connectivity index (χ0n) is 18.9. The van der Waals surface area contributed by atoms with Gasteiger partial charge in [0.15, 0.2) is 0 Å². The number of fused-ring (bicyclic) bond motifs is 1. The monoisotopic (exact) mass is 464 g/mol. The van der Waals surface area contributed by atoms with Crippen molar-refractivity contribution in [2.24, 2.45) is 0 Å². The molecule has 0 N–H and O–H groups in total. The Hall–Kier alpha value is -3.31. The fourth-order valence-electron chi connectivity index (χ4n) is 3.97. The summed E-state index contributed by atoms with van der Waals surface area (Å²) in [4.78, 5) is 14.4. The molecule has 0 fully saturated rings. The zero-order valence-corrected chi connectivity index (χ0v) is 19.7. The summed E-state index contributed by atoms with van der Waals surface area (Å²) in [7, 11) is 0. The van der Waals surface area contributed by atoms with Crippen LogP contribution in [0.4, 0.5) is 9.18 Å². The van der Waals surface area contributed by atoms with Gasteiger partial charge in [-0.2, -0.15) is 0 Å². The highest BCUT2D eigenvalue weighted by Gasteiger charge is 2.19. The Balaban J connectivity index is 1.81. The lowest BCUT2D eigenvalue weighted by molar-refractivity contribution is 0.157. The highest BCUT2D eigenvalue weighted by molar-refractivity contribution is 6.31. The smallest absolute Gasteiger partial charge is 0.410 e. The van der Waals surface area contributed by atoms with Crippen LogP contribution in [0.25, 0.3) is 22.0 Å². The Morgan fingerprint density at radius 3 is 2.42 bits per heavy atom. The molecule has 3 aromatic carbocycles. The van der Waals surface area contributed by atoms with Crippen molar-refractivity contribution in [3.05, 3.63) is 88.8 Å². The first-order valence-electron chi connectivity index (χ1n) is 11.0. The highest BCUT2D eigenvalue weighted by Crippen LogP contribution is 2.38. The van der Waals surface area contributed by atoms with Gasteiger partial charge in [-0.1, -0.05) is 47.5 Å². The van der Waals surface area contributed by atoms with E-state index in [-0.39, 0.29) is 11.9 Å². The number of rotatable bonds is 6. The summed E-state index contributed by atoms with van der Waals surface area (Å²) in [5.41, 5.74) is 4.76. The Kier molecular flexibility index (Phi) is 6.70. The molecule has 33 heavy (non-hydrogen) atoms. The van der Waals surface area contributed by atoms with E-state index in [4.69, 9.17) is 16.3 Å². The molecular formula is C27H26ClFN2O2. The van der Waals surface area contributed by atoms with Gasteiger partial charge in [-0.25, -0.2) is 9.18 Å². The number of aromatic nitrogens is 1. The van der Waals surface area contributed by atoms with Crippen molar-refractivity contribution in [2.75, 3.05) is 13.1 Å². The minimum absolute atomic E-state index is 0.359. The molecule has 4 nitrogen and oxygen atoms in total. The molecular weight excluding hydrogens is 439 g/mol. The third kappa shape index (κ3) is 4.74. The van der Waals surface area contributed by atoms with Crippen LogP contribution in [0.1, 0.15) is 25.0 Å². The zero-order chi connectivity index (χ0) is 23.5. The molecule has 0 aliphatic rings. The van der Waals surface area contributed by atoms with Gasteiger partial charge in [0.1, 0.15) is 11.6 Å². The van der Waals surface area contributed by atoms with E-state index in [0.717, 1.165) is 33.2 Å². The lowest BCUT2D eigenvalue weighted by atomic mass is 9.99. The van der Waals surface area contributed by atoms with Gasteiger partial charge >= 0.3 is 6.09 Å². The van der Waals surface area contributed by atoms with Crippen molar-refractivity contribution in [3.8, 4) is 16.9 Å². The number of amides is 1. The molecule has 4 aromatic rings. The van der Waals surface area contributed by atoms with Gasteiger partial charge in [0.25, 0.3) is 0 Å². The van der Waals surface area contributed by atoms with Crippen molar-refractivity contribution >= 4 is 28.6 Å². The van der Waals surface area contributed by atoms with Crippen LogP contribution >= 0.6 is 11.6 Å². The largest absolute Gasteiger partial charge is 0.415 e. The van der Waals surface area contributed by atoms with E-state index in [0.29, 0.717) is 30.4 Å². The lowest BCUT2D eigenvalue weighted by Crippen LogP contribution is -2.33. The van der Waals surface area contributed by atoms with Crippen LogP contribution < -0.4 is 4.74 Å². The normalized spacial score (nSPS) is 11.1. The molecule has 6 heteroatoms. The Morgan fingerprint density at radius 1 is 1.03 bits per heavy atom. The van der Waals surface area contributed by atoms with E-state index >= 15 is 0 Å². The molecule has 0 saturated heterocycles. The molecule has 0 spiro atoms. The number of hydrogen-bond donors (Lipinski definition) is 0. The predicted molar refractivity (Wildman–Crippen MR) is 132 cm³/mol. The second kappa shape index (κ2) is 9.67. The molecule has 1 aromatic heterocycles. The summed E-state index contributed by atoms with van der Waals surface area (Å²) < 4.78 is 21.4. The first kappa shape index (κ1) is 22.9. The predicted octanol–water partition coefficient (Wildman–Crippen LogP) is 7.30. The van der Waals surface area contributed by atoms with E-state index in [1.807, 2.05) is 69.4 Å². The summed E-state index contributed by atoms with van der Waals surface area (Å²) in [5.74, 6) is 0.156. The van der Waals surface area contributed by atoms with Crippen molar-refractivity contribution in [1.29, 1.82) is 0 Å². The summed E-state index contributed by atoms with van der Waals surface area (Å²) in [6.07, 6.45) is 1.60. The maximum atomic E-state index is 13.5. The van der Waals surface area contributed by atoms with Crippen LogP contribution in [0.5, 0.6) is 5.75 Å². The van der Waals surface area contributed by atoms with Crippen molar-refractivity contribution in [1.82, 2.24) is 9.47 Å². The number of carbonyl (C=O) groups is 1. The average Bonchev–Trinajstić information content (AvgIpc) is 3.20. The SMILES string of the molecule is CCN(CC)C(=O)Oc1ccc2c(ccn2Cc2ccc(F)cc2Cl)c1-c1ccc(C)cc1. The molecule has 0 radical (unpaired) electrons. The number of nitrogens with zero attached hydrogens (tertiary/aromatic N) is 2. The first-order chi connectivity index (χ1) is 15.9. The van der Waals surface area contributed by atoms with E-state index in [1.165, 1.54) is 12.1 Å². The third-order valence-electron chi connectivity index (χ3n) is 5.83. The van der Waals surface area contributed by atoms with Gasteiger partial charge in [0, 0.05) is 47.3 Å². The van der Waals surface area contributed by atoms with Crippen molar-refractivity contribution < 1.29 is 13.9 Å². The summed E-state index contributed by atoms with van der Waals surface area (Å²) in [5, 5.41) is 1.35. The molecule has 0 aliphatic heterocycles. The first-order valence-corrected chi connectivity index (χ1v) is 11.4. The van der Waals surface area contributed by atoms with Crippen LogP contribution in [0.2, 0.25) is 5.02 Å². The van der Waals surface area contributed by atoms with Gasteiger partial charge in [0.2, 0.25) is 0 Å². The highest BCUT2D eigenvalue weighted by atomic mass is 35.5. The topological polar surface area (TPSA) is 34.5 Å². The van der Waals surface area contributed by atoms with Gasteiger partial charge in [0.05, 0.1) is 0 Å². The number of aryl methyl sites for hydroxylation is 1. The van der Waals surface area contributed by atoms with Crippen LogP contribution in [0, 0.1) is 12.7 Å². The summed E-state index contributed by atoms with van der Waals surface area (Å²) >= 11 is 6.26. The summed E-state index contributed by atoms with van der Waals surface area (Å²) in [6.45, 7) is 7.53. The van der Waals surface area contributed by atoms with Gasteiger partial charge < -0.3 is 14.2 Å². The maximum absolute atomic E-state index is 13.5. The van der Waals surface area contributed by atoms with Crippen molar-refractivity contribution in [2.45, 2.75) is 27.3 Å². The number of benzene rings is 3. The molecule has 1 heterocycles. The Bertz CT molecular complexity index is 1290. The third-order valence-corrected chi connectivity index (χ3v) is 6.18. The standard InChI is InChI=1S/C27H26ClFN2O2/c1-4-30(5-2)27(32)33-25-13-12-24-22(26(25)19-8-6-18(3)7-9-19)14-15-31(24)17-20-10-11-21(29)16-23(20)28/h6-16H,4-5,17H2,1-3H3. The second-order valence-corrected chi connectivity index (χ2v) is 8.36. The maximum Gasteiger partial charge on any atom is 0.415 e. The van der Waals surface area contributed by atoms with Crippen LogP contribution in [0.15, 0.2) is 66.9 Å². The van der Waals surface area contributed by atoms with E-state index in [2.05, 4.69) is 4.57 Å². The fourth-order valence-corrected chi connectivity index (χ4v) is 4.19. The molecule has 1 amide bonds. The Labute approximate surface area is 198 Å². The molecule has 170 valence electrons. The number of hydrogen-bond acceptors (Lipinski definition) is 2. The minimum atomic E-state index is -0.370. The average molecular weight is 465 g/mol. The fraction of sp³-hybridized carbons (Fsp3) is 0.222. The van der Waals surface area contributed by atoms with E-state index in [9.17, 15) is 9.18 Å². The van der Waals surface area contributed by atoms with Crippen molar-refractivity contribution in [3.63, 3.8) is 0 Å². The quantitative estimate of drug-likeness (QED) is 0.300. The molecule has 4 rings (SSSR count). The molecule has 0 unspecified atom stereocenters.